The van der Waals surface area contributed by atoms with Crippen molar-refractivity contribution in [3.63, 3.8) is 0 Å². The van der Waals surface area contributed by atoms with E-state index in [0.29, 0.717) is 29.6 Å². The molecular weight excluding hydrogens is 409 g/mol. The number of rotatable bonds is 8. The number of thiazole rings is 1. The summed E-state index contributed by atoms with van der Waals surface area (Å²) in [4.78, 5) is 7.78. The van der Waals surface area contributed by atoms with Crippen molar-refractivity contribution in [3.05, 3.63) is 39.8 Å². The number of halogens is 3. The highest BCUT2D eigenvalue weighted by molar-refractivity contribution is 7.09. The third-order valence-electron chi connectivity index (χ3n) is 3.82. The van der Waals surface area contributed by atoms with Crippen molar-refractivity contribution in [2.45, 2.75) is 25.7 Å². The molecule has 2 rings (SSSR count). The first-order chi connectivity index (χ1) is 13.8. The number of alkyl halides is 3. The van der Waals surface area contributed by atoms with Gasteiger partial charge in [0, 0.05) is 24.0 Å². The van der Waals surface area contributed by atoms with Gasteiger partial charge in [-0.05, 0) is 25.1 Å². The topological polar surface area (TPSA) is 88.0 Å². The highest BCUT2D eigenvalue weighted by atomic mass is 32.1. The molecule has 3 N–H and O–H groups in total. The van der Waals surface area contributed by atoms with Crippen LogP contribution in [-0.2, 0) is 12.7 Å². The van der Waals surface area contributed by atoms with Gasteiger partial charge >= 0.3 is 6.18 Å². The lowest BCUT2D eigenvalue weighted by atomic mass is 10.1. The van der Waals surface area contributed by atoms with E-state index in [1.807, 2.05) is 6.92 Å². The highest BCUT2D eigenvalue weighted by Crippen LogP contribution is 2.30. The fraction of sp³-hybridized carbons (Fsp3) is 0.444. The molecule has 11 heteroatoms. The van der Waals surface area contributed by atoms with Gasteiger partial charge in [0.1, 0.15) is 16.5 Å². The lowest BCUT2D eigenvalue weighted by Gasteiger charge is -2.18. The smallest absolute Gasteiger partial charge is 0.434 e. The molecule has 2 aromatic rings. The zero-order chi connectivity index (χ0) is 21.4. The molecule has 0 aliphatic carbocycles. The van der Waals surface area contributed by atoms with Gasteiger partial charge in [-0.2, -0.15) is 13.2 Å². The number of benzene rings is 1. The molecule has 0 spiro atoms. The molecule has 160 valence electrons. The summed E-state index contributed by atoms with van der Waals surface area (Å²) in [6.45, 7) is 2.47. The maximum atomic E-state index is 12.6. The molecule has 0 saturated heterocycles. The summed E-state index contributed by atoms with van der Waals surface area (Å²) in [6.07, 6.45) is -5.40. The summed E-state index contributed by atoms with van der Waals surface area (Å²) < 4.78 is 48.4. The van der Waals surface area contributed by atoms with E-state index in [1.54, 1.807) is 18.2 Å². The van der Waals surface area contributed by atoms with Crippen molar-refractivity contribution in [1.29, 1.82) is 0 Å². The molecule has 0 radical (unpaired) electrons. The van der Waals surface area contributed by atoms with Crippen LogP contribution in [-0.4, -0.2) is 43.4 Å². The SMILES string of the molecule is CCNC(=NCc1nc(C(F)(F)F)cs1)NCC(O)c1cc(OC)ccc1OC. The van der Waals surface area contributed by atoms with Gasteiger partial charge in [0.15, 0.2) is 11.7 Å². The van der Waals surface area contributed by atoms with E-state index in [4.69, 9.17) is 9.47 Å². The van der Waals surface area contributed by atoms with Crippen LogP contribution in [0.4, 0.5) is 13.2 Å². The van der Waals surface area contributed by atoms with Gasteiger partial charge in [-0.15, -0.1) is 11.3 Å². The molecule has 1 unspecified atom stereocenters. The first-order valence-electron chi connectivity index (χ1n) is 8.72. The summed E-state index contributed by atoms with van der Waals surface area (Å²) >= 11 is 0.893. The van der Waals surface area contributed by atoms with Crippen LogP contribution >= 0.6 is 11.3 Å². The Morgan fingerprint density at radius 2 is 2.03 bits per heavy atom. The summed E-state index contributed by atoms with van der Waals surface area (Å²) in [5.74, 6) is 1.42. The Balaban J connectivity index is 2.05. The number of ether oxygens (including phenoxy) is 2. The first-order valence-corrected chi connectivity index (χ1v) is 9.60. The van der Waals surface area contributed by atoms with E-state index < -0.39 is 18.0 Å². The van der Waals surface area contributed by atoms with Gasteiger partial charge in [0.05, 0.1) is 26.9 Å². The predicted molar refractivity (Wildman–Crippen MR) is 104 cm³/mol. The van der Waals surface area contributed by atoms with E-state index in [2.05, 4.69) is 20.6 Å². The Hall–Kier alpha value is -2.53. The van der Waals surface area contributed by atoms with Crippen molar-refractivity contribution in [1.82, 2.24) is 15.6 Å². The van der Waals surface area contributed by atoms with Gasteiger partial charge in [0.25, 0.3) is 0 Å². The number of aliphatic hydroxyl groups excluding tert-OH is 1. The third-order valence-corrected chi connectivity index (χ3v) is 4.65. The largest absolute Gasteiger partial charge is 0.497 e. The van der Waals surface area contributed by atoms with E-state index in [0.717, 1.165) is 16.7 Å². The molecule has 0 aliphatic heterocycles. The fourth-order valence-electron chi connectivity index (χ4n) is 2.41. The van der Waals surface area contributed by atoms with Gasteiger partial charge < -0.3 is 25.2 Å². The van der Waals surface area contributed by atoms with Crippen molar-refractivity contribution < 1.29 is 27.8 Å². The predicted octanol–water partition coefficient (Wildman–Crippen LogP) is 2.97. The van der Waals surface area contributed by atoms with Gasteiger partial charge in [-0.3, -0.25) is 0 Å². The lowest BCUT2D eigenvalue weighted by molar-refractivity contribution is -0.140. The van der Waals surface area contributed by atoms with Crippen LogP contribution in [0, 0.1) is 0 Å². The van der Waals surface area contributed by atoms with Crippen LogP contribution in [0.3, 0.4) is 0 Å². The monoisotopic (exact) mass is 432 g/mol. The molecule has 0 amide bonds. The third kappa shape index (κ3) is 6.50. The fourth-order valence-corrected chi connectivity index (χ4v) is 3.13. The molecule has 29 heavy (non-hydrogen) atoms. The van der Waals surface area contributed by atoms with Crippen molar-refractivity contribution in [2.24, 2.45) is 4.99 Å². The van der Waals surface area contributed by atoms with Crippen molar-refractivity contribution >= 4 is 17.3 Å². The number of aromatic nitrogens is 1. The van der Waals surface area contributed by atoms with Crippen LogP contribution in [0.2, 0.25) is 0 Å². The Morgan fingerprint density at radius 3 is 2.62 bits per heavy atom. The summed E-state index contributed by atoms with van der Waals surface area (Å²) in [5, 5.41) is 17.7. The number of guanidine groups is 1. The first kappa shape index (κ1) is 22.8. The van der Waals surface area contributed by atoms with Gasteiger partial charge in [-0.1, -0.05) is 0 Å². The van der Waals surface area contributed by atoms with Crippen molar-refractivity contribution in [2.75, 3.05) is 27.3 Å². The average molecular weight is 432 g/mol. The molecule has 1 atom stereocenters. The Bertz CT molecular complexity index is 827. The summed E-state index contributed by atoms with van der Waals surface area (Å²) in [6, 6.07) is 5.08. The second-order valence-corrected chi connectivity index (χ2v) is 6.77. The van der Waals surface area contributed by atoms with Crippen LogP contribution < -0.4 is 20.1 Å². The number of methoxy groups -OCH3 is 2. The quantitative estimate of drug-likeness (QED) is 0.439. The second kappa shape index (κ2) is 10.3. The average Bonchev–Trinajstić information content (AvgIpc) is 3.19. The van der Waals surface area contributed by atoms with E-state index >= 15 is 0 Å². The maximum absolute atomic E-state index is 12.6. The molecule has 1 aromatic carbocycles. The minimum absolute atomic E-state index is 0.0192. The number of aliphatic imine (C=N–C) groups is 1. The number of hydrogen-bond acceptors (Lipinski definition) is 6. The van der Waals surface area contributed by atoms with Crippen molar-refractivity contribution in [3.8, 4) is 11.5 Å². The maximum Gasteiger partial charge on any atom is 0.434 e. The van der Waals surface area contributed by atoms with Crippen LogP contribution in [0.15, 0.2) is 28.6 Å². The molecule has 0 bridgehead atoms. The minimum atomic E-state index is -4.47. The molecule has 0 aliphatic rings. The van der Waals surface area contributed by atoms with Gasteiger partial charge in [-0.25, -0.2) is 9.98 Å². The zero-order valence-electron chi connectivity index (χ0n) is 16.2. The molecule has 1 aromatic heterocycles. The highest BCUT2D eigenvalue weighted by Gasteiger charge is 2.33. The second-order valence-electron chi connectivity index (χ2n) is 5.82. The molecule has 7 nitrogen and oxygen atoms in total. The Kier molecular flexibility index (Phi) is 8.09. The summed E-state index contributed by atoms with van der Waals surface area (Å²) in [5.41, 5.74) is -0.392. The van der Waals surface area contributed by atoms with E-state index in [9.17, 15) is 18.3 Å². The molecule has 0 saturated carbocycles. The Labute approximate surface area is 170 Å². The minimum Gasteiger partial charge on any atom is -0.497 e. The molecule has 1 heterocycles. The molecular formula is C18H23F3N4O3S. The zero-order valence-corrected chi connectivity index (χ0v) is 17.0. The summed E-state index contributed by atoms with van der Waals surface area (Å²) in [7, 11) is 3.02. The number of nitrogens with zero attached hydrogens (tertiary/aromatic N) is 2. The van der Waals surface area contributed by atoms with Crippen LogP contribution in [0.25, 0.3) is 0 Å². The Morgan fingerprint density at radius 1 is 1.28 bits per heavy atom. The number of nitrogens with one attached hydrogen (secondary N) is 2. The standard InChI is InChI=1S/C18H23F3N4O3S/c1-4-22-17(24-9-16-25-15(10-29-16)18(19,20)21)23-8-13(26)12-7-11(27-2)5-6-14(12)28-3/h5-7,10,13,26H,4,8-9H2,1-3H3,(H2,22,23,24). The van der Waals surface area contributed by atoms with Gasteiger partial charge in [0.2, 0.25) is 0 Å². The normalized spacial score (nSPS) is 13.1. The van der Waals surface area contributed by atoms with Crippen LogP contribution in [0.1, 0.15) is 29.3 Å². The van der Waals surface area contributed by atoms with E-state index in [-0.39, 0.29) is 18.1 Å². The van der Waals surface area contributed by atoms with Crippen LogP contribution in [0.5, 0.6) is 11.5 Å². The molecule has 0 fully saturated rings. The number of hydrogen-bond donors (Lipinski definition) is 3. The number of aliphatic hydroxyl groups is 1. The lowest BCUT2D eigenvalue weighted by Crippen LogP contribution is -2.39. The van der Waals surface area contributed by atoms with E-state index in [1.165, 1.54) is 14.2 Å².